The van der Waals surface area contributed by atoms with Crippen molar-refractivity contribution in [3.05, 3.63) is 0 Å². The molecule has 0 aliphatic carbocycles. The minimum absolute atomic E-state index is 0.0303. The average Bonchev–Trinajstić information content (AvgIpc) is 2.14. The third-order valence-corrected chi connectivity index (χ3v) is 2.96. The van der Waals surface area contributed by atoms with E-state index in [9.17, 15) is 22.8 Å². The summed E-state index contributed by atoms with van der Waals surface area (Å²) in [5.41, 5.74) is 0. The third-order valence-electron chi connectivity index (χ3n) is 2.96. The van der Waals surface area contributed by atoms with Gasteiger partial charge in [0.1, 0.15) is 6.04 Å². The van der Waals surface area contributed by atoms with Crippen molar-refractivity contribution in [3.63, 3.8) is 0 Å². The van der Waals surface area contributed by atoms with E-state index in [0.29, 0.717) is 6.42 Å². The van der Waals surface area contributed by atoms with Crippen LogP contribution in [0.2, 0.25) is 0 Å². The summed E-state index contributed by atoms with van der Waals surface area (Å²) in [6.07, 6.45) is -4.80. The summed E-state index contributed by atoms with van der Waals surface area (Å²) in [6.45, 7) is 1.06. The molecule has 1 amide bonds. The lowest BCUT2D eigenvalue weighted by atomic mass is 9.88. The molecule has 0 spiro atoms. The minimum Gasteiger partial charge on any atom is -0.481 e. The highest BCUT2D eigenvalue weighted by Crippen LogP contribution is 2.35. The number of nitrogens with zero attached hydrogens (tertiary/aromatic N) is 1. The maximum Gasteiger partial charge on any atom is 0.408 e. The summed E-state index contributed by atoms with van der Waals surface area (Å²) in [6, 6.07) is -1.85. The Morgan fingerprint density at radius 3 is 2.41 bits per heavy atom. The predicted octanol–water partition coefficient (Wildman–Crippen LogP) is 1.65. The van der Waals surface area contributed by atoms with Crippen molar-refractivity contribution in [1.82, 2.24) is 4.90 Å². The number of carboxylic acid groups (broad SMARTS) is 1. The van der Waals surface area contributed by atoms with Gasteiger partial charge in [0.15, 0.2) is 0 Å². The van der Waals surface area contributed by atoms with Crippen molar-refractivity contribution in [3.8, 4) is 0 Å². The maximum absolute atomic E-state index is 12.7. The molecule has 0 bridgehead atoms. The van der Waals surface area contributed by atoms with E-state index in [1.807, 2.05) is 0 Å². The number of rotatable bonds is 2. The fraction of sp³-hybridized carbons (Fsp3) is 0.800. The van der Waals surface area contributed by atoms with Gasteiger partial charge in [-0.15, -0.1) is 0 Å². The lowest BCUT2D eigenvalue weighted by molar-refractivity contribution is -0.199. The normalized spacial score (nSPS) is 25.8. The molecule has 1 heterocycles. The molecule has 17 heavy (non-hydrogen) atoms. The van der Waals surface area contributed by atoms with E-state index in [-0.39, 0.29) is 19.4 Å². The first-order valence-corrected chi connectivity index (χ1v) is 5.27. The van der Waals surface area contributed by atoms with Gasteiger partial charge in [0.2, 0.25) is 5.91 Å². The Kier molecular flexibility index (Phi) is 4.00. The average molecular weight is 253 g/mol. The van der Waals surface area contributed by atoms with Crippen molar-refractivity contribution < 1.29 is 27.9 Å². The second kappa shape index (κ2) is 4.93. The van der Waals surface area contributed by atoms with Gasteiger partial charge < -0.3 is 10.0 Å². The highest BCUT2D eigenvalue weighted by atomic mass is 19.4. The van der Waals surface area contributed by atoms with Crippen molar-refractivity contribution in [1.29, 1.82) is 0 Å². The van der Waals surface area contributed by atoms with Crippen LogP contribution in [-0.4, -0.2) is 40.6 Å². The molecule has 0 saturated carbocycles. The third kappa shape index (κ3) is 3.61. The molecule has 2 atom stereocenters. The number of aliphatic carboxylic acids is 1. The molecule has 0 unspecified atom stereocenters. The van der Waals surface area contributed by atoms with Gasteiger partial charge in [0.05, 0.1) is 0 Å². The highest BCUT2D eigenvalue weighted by molar-refractivity contribution is 5.74. The number of piperidine rings is 1. The largest absolute Gasteiger partial charge is 0.481 e. The Morgan fingerprint density at radius 1 is 1.41 bits per heavy atom. The lowest BCUT2D eigenvalue weighted by Gasteiger charge is -2.39. The fourth-order valence-electron chi connectivity index (χ4n) is 2.16. The monoisotopic (exact) mass is 253 g/mol. The number of likely N-dealkylation sites (tertiary alicyclic amines) is 1. The van der Waals surface area contributed by atoms with E-state index in [2.05, 4.69) is 0 Å². The number of amides is 1. The summed E-state index contributed by atoms with van der Waals surface area (Å²) in [5, 5.41) is 8.57. The van der Waals surface area contributed by atoms with Crippen molar-refractivity contribution >= 4 is 11.9 Å². The molecular formula is C10H14F3NO3. The number of hydrogen-bond acceptors (Lipinski definition) is 2. The van der Waals surface area contributed by atoms with Gasteiger partial charge in [-0.3, -0.25) is 9.59 Å². The van der Waals surface area contributed by atoms with E-state index in [1.54, 1.807) is 0 Å². The number of alkyl halides is 3. The van der Waals surface area contributed by atoms with Crippen LogP contribution in [0.4, 0.5) is 13.2 Å². The zero-order valence-electron chi connectivity index (χ0n) is 9.33. The maximum atomic E-state index is 12.7. The summed E-state index contributed by atoms with van der Waals surface area (Å²) < 4.78 is 38.2. The topological polar surface area (TPSA) is 57.6 Å². The van der Waals surface area contributed by atoms with Crippen molar-refractivity contribution in [2.45, 2.75) is 38.4 Å². The number of carbonyl (C=O) groups excluding carboxylic acids is 1. The standard InChI is InChI=1S/C10H14F3NO3/c1-6(15)14-3-2-7(5-9(16)17)4-8(14)10(11,12)13/h7-8H,2-5H2,1H3,(H,16,17)/t7-,8+/m1/s1. The highest BCUT2D eigenvalue weighted by Gasteiger charge is 2.47. The summed E-state index contributed by atoms with van der Waals surface area (Å²) in [5.74, 6) is -2.25. The first-order chi connectivity index (χ1) is 7.71. The van der Waals surface area contributed by atoms with E-state index >= 15 is 0 Å². The van der Waals surface area contributed by atoms with Gasteiger partial charge in [0.25, 0.3) is 0 Å². The zero-order chi connectivity index (χ0) is 13.2. The van der Waals surface area contributed by atoms with Crippen LogP contribution < -0.4 is 0 Å². The Bertz CT molecular complexity index is 316. The number of hydrogen-bond donors (Lipinski definition) is 1. The van der Waals surface area contributed by atoms with E-state index < -0.39 is 30.0 Å². The minimum atomic E-state index is -4.50. The Morgan fingerprint density at radius 2 is 2.00 bits per heavy atom. The number of halogens is 3. The molecule has 1 aliphatic heterocycles. The molecule has 1 rings (SSSR count). The molecular weight excluding hydrogens is 239 g/mol. The first-order valence-electron chi connectivity index (χ1n) is 5.27. The lowest BCUT2D eigenvalue weighted by Crippen LogP contribution is -2.52. The molecule has 7 heteroatoms. The Balaban J connectivity index is 2.77. The first kappa shape index (κ1) is 13.8. The van der Waals surface area contributed by atoms with Crippen LogP contribution in [-0.2, 0) is 9.59 Å². The van der Waals surface area contributed by atoms with Gasteiger partial charge in [-0.1, -0.05) is 0 Å². The molecule has 0 aromatic heterocycles. The van der Waals surface area contributed by atoms with Crippen LogP contribution in [0.15, 0.2) is 0 Å². The van der Waals surface area contributed by atoms with Crippen LogP contribution in [0, 0.1) is 5.92 Å². The zero-order valence-corrected chi connectivity index (χ0v) is 9.33. The Hall–Kier alpha value is -1.27. The van der Waals surface area contributed by atoms with Crippen LogP contribution in [0.5, 0.6) is 0 Å². The fourth-order valence-corrected chi connectivity index (χ4v) is 2.16. The number of carboxylic acids is 1. The SMILES string of the molecule is CC(=O)N1CC[C@@H](CC(=O)O)C[C@H]1C(F)(F)F. The van der Waals surface area contributed by atoms with E-state index in [4.69, 9.17) is 5.11 Å². The molecule has 0 aromatic carbocycles. The predicted molar refractivity (Wildman–Crippen MR) is 52.2 cm³/mol. The molecule has 1 aliphatic rings. The van der Waals surface area contributed by atoms with E-state index in [0.717, 1.165) is 11.8 Å². The van der Waals surface area contributed by atoms with Crippen molar-refractivity contribution in [2.75, 3.05) is 6.54 Å². The summed E-state index contributed by atoms with van der Waals surface area (Å²) in [7, 11) is 0. The number of carbonyl (C=O) groups is 2. The van der Waals surface area contributed by atoms with E-state index in [1.165, 1.54) is 0 Å². The molecule has 1 saturated heterocycles. The molecule has 0 radical (unpaired) electrons. The summed E-state index contributed by atoms with van der Waals surface area (Å²) >= 11 is 0. The van der Waals surface area contributed by atoms with Crippen molar-refractivity contribution in [2.24, 2.45) is 5.92 Å². The molecule has 1 fully saturated rings. The van der Waals surface area contributed by atoms with Crippen LogP contribution in [0.25, 0.3) is 0 Å². The van der Waals surface area contributed by atoms with Crippen LogP contribution >= 0.6 is 0 Å². The van der Waals surface area contributed by atoms with Gasteiger partial charge in [0, 0.05) is 19.9 Å². The van der Waals surface area contributed by atoms with Gasteiger partial charge in [-0.2, -0.15) is 13.2 Å². The van der Waals surface area contributed by atoms with Gasteiger partial charge in [-0.05, 0) is 18.8 Å². The Labute approximate surface area is 96.4 Å². The molecule has 98 valence electrons. The molecule has 0 aromatic rings. The second-order valence-corrected chi connectivity index (χ2v) is 4.26. The second-order valence-electron chi connectivity index (χ2n) is 4.26. The van der Waals surface area contributed by atoms with Crippen LogP contribution in [0.3, 0.4) is 0 Å². The molecule has 1 N–H and O–H groups in total. The van der Waals surface area contributed by atoms with Gasteiger partial charge >= 0.3 is 12.1 Å². The molecule has 4 nitrogen and oxygen atoms in total. The van der Waals surface area contributed by atoms with Crippen LogP contribution in [0.1, 0.15) is 26.2 Å². The quantitative estimate of drug-likeness (QED) is 0.814. The van der Waals surface area contributed by atoms with Gasteiger partial charge in [-0.25, -0.2) is 0 Å². The summed E-state index contributed by atoms with van der Waals surface area (Å²) in [4.78, 5) is 22.3. The smallest absolute Gasteiger partial charge is 0.408 e.